The van der Waals surface area contributed by atoms with Crippen LogP contribution >= 0.6 is 0 Å². The largest absolute Gasteiger partial charge is 0.315 e. The average molecular weight is 186 g/mol. The Bertz CT molecular complexity index is 94.3. The number of nitrogens with one attached hydrogen (secondary N) is 1. The van der Waals surface area contributed by atoms with Crippen LogP contribution in [0.2, 0.25) is 0 Å². The van der Waals surface area contributed by atoms with Gasteiger partial charge >= 0.3 is 0 Å². The molecule has 0 radical (unpaired) electrons. The van der Waals surface area contributed by atoms with E-state index in [0.29, 0.717) is 0 Å². The third-order valence-electron chi connectivity index (χ3n) is 2.60. The van der Waals surface area contributed by atoms with E-state index in [1.165, 1.54) is 39.0 Å². The van der Waals surface area contributed by atoms with Gasteiger partial charge in [0.05, 0.1) is 0 Å². The van der Waals surface area contributed by atoms with Crippen LogP contribution in [0.1, 0.15) is 40.5 Å². The fraction of sp³-hybridized carbons (Fsp3) is 1.00. The highest BCUT2D eigenvalue weighted by Crippen LogP contribution is 2.08. The van der Waals surface area contributed by atoms with E-state index in [-0.39, 0.29) is 0 Å². The predicted octanol–water partition coefficient (Wildman–Crippen LogP) is 2.11. The number of nitrogens with zero attached hydrogens (tertiary/aromatic N) is 1. The molecular weight excluding hydrogens is 160 g/mol. The van der Waals surface area contributed by atoms with Crippen LogP contribution in [0.15, 0.2) is 0 Å². The smallest absolute Gasteiger partial charge is 0.0220 e. The van der Waals surface area contributed by atoms with Crippen molar-refractivity contribution < 1.29 is 0 Å². The SMILES string of the molecule is CC.CCN(CC)C1CCCNC1. The molecular formula is C11H26N2. The van der Waals surface area contributed by atoms with Crippen molar-refractivity contribution in [2.24, 2.45) is 0 Å². The summed E-state index contributed by atoms with van der Waals surface area (Å²) in [7, 11) is 0. The van der Waals surface area contributed by atoms with Crippen molar-refractivity contribution in [1.82, 2.24) is 10.2 Å². The second kappa shape index (κ2) is 8.52. The van der Waals surface area contributed by atoms with Gasteiger partial charge in [-0.15, -0.1) is 0 Å². The van der Waals surface area contributed by atoms with E-state index in [0.717, 1.165) is 6.04 Å². The topological polar surface area (TPSA) is 15.3 Å². The van der Waals surface area contributed by atoms with Crippen LogP contribution in [0.25, 0.3) is 0 Å². The second-order valence-electron chi connectivity index (χ2n) is 3.22. The molecule has 0 aromatic carbocycles. The highest BCUT2D eigenvalue weighted by Gasteiger charge is 2.17. The minimum absolute atomic E-state index is 0.804. The van der Waals surface area contributed by atoms with Gasteiger partial charge in [0.25, 0.3) is 0 Å². The summed E-state index contributed by atoms with van der Waals surface area (Å²) in [4.78, 5) is 2.55. The first kappa shape index (κ1) is 12.9. The first-order valence-electron chi connectivity index (χ1n) is 5.83. The zero-order valence-corrected chi connectivity index (χ0v) is 9.77. The number of rotatable bonds is 3. The van der Waals surface area contributed by atoms with Gasteiger partial charge in [-0.2, -0.15) is 0 Å². The summed E-state index contributed by atoms with van der Waals surface area (Å²) >= 11 is 0. The van der Waals surface area contributed by atoms with Gasteiger partial charge in [-0.1, -0.05) is 27.7 Å². The molecule has 0 amide bonds. The molecule has 1 saturated heterocycles. The minimum Gasteiger partial charge on any atom is -0.315 e. The molecule has 1 heterocycles. The summed E-state index contributed by atoms with van der Waals surface area (Å²) in [6.07, 6.45) is 2.73. The fourth-order valence-electron chi connectivity index (χ4n) is 1.89. The lowest BCUT2D eigenvalue weighted by Gasteiger charge is -2.32. The first-order chi connectivity index (χ1) is 6.38. The van der Waals surface area contributed by atoms with Gasteiger partial charge in [-0.25, -0.2) is 0 Å². The molecule has 13 heavy (non-hydrogen) atoms. The molecule has 1 aliphatic heterocycles. The number of piperidine rings is 1. The van der Waals surface area contributed by atoms with Crippen LogP contribution in [0.4, 0.5) is 0 Å². The maximum absolute atomic E-state index is 3.44. The van der Waals surface area contributed by atoms with Crippen LogP contribution in [-0.2, 0) is 0 Å². The van der Waals surface area contributed by atoms with Crippen molar-refractivity contribution in [3.05, 3.63) is 0 Å². The molecule has 1 N–H and O–H groups in total. The zero-order chi connectivity index (χ0) is 10.1. The molecule has 0 saturated carbocycles. The van der Waals surface area contributed by atoms with Crippen LogP contribution in [0.3, 0.4) is 0 Å². The standard InChI is InChI=1S/C9H20N2.C2H6/c1-3-11(4-2)9-6-5-7-10-8-9;1-2/h9-10H,3-8H2,1-2H3;1-2H3. The molecule has 80 valence electrons. The number of hydrogen-bond donors (Lipinski definition) is 1. The van der Waals surface area contributed by atoms with E-state index < -0.39 is 0 Å². The molecule has 1 unspecified atom stereocenters. The summed E-state index contributed by atoms with van der Waals surface area (Å²) in [6, 6.07) is 0.804. The molecule has 0 spiro atoms. The van der Waals surface area contributed by atoms with E-state index in [4.69, 9.17) is 0 Å². The predicted molar refractivity (Wildman–Crippen MR) is 60.2 cm³/mol. The van der Waals surface area contributed by atoms with Gasteiger partial charge < -0.3 is 5.32 Å². The zero-order valence-electron chi connectivity index (χ0n) is 9.77. The van der Waals surface area contributed by atoms with Gasteiger partial charge in [0.15, 0.2) is 0 Å². The second-order valence-corrected chi connectivity index (χ2v) is 3.22. The van der Waals surface area contributed by atoms with E-state index in [1.807, 2.05) is 13.8 Å². The average Bonchev–Trinajstić information content (AvgIpc) is 2.24. The monoisotopic (exact) mass is 186 g/mol. The Labute approximate surface area is 83.7 Å². The maximum atomic E-state index is 3.44. The Kier molecular flexibility index (Phi) is 8.46. The third kappa shape index (κ3) is 4.63. The van der Waals surface area contributed by atoms with Crippen molar-refractivity contribution >= 4 is 0 Å². The Hall–Kier alpha value is -0.0800. The van der Waals surface area contributed by atoms with Crippen LogP contribution in [-0.4, -0.2) is 37.1 Å². The van der Waals surface area contributed by atoms with Crippen LogP contribution < -0.4 is 5.32 Å². The number of hydrogen-bond acceptors (Lipinski definition) is 2. The van der Waals surface area contributed by atoms with Gasteiger partial charge in [0, 0.05) is 12.6 Å². The Morgan fingerprint density at radius 2 is 1.85 bits per heavy atom. The van der Waals surface area contributed by atoms with Crippen LogP contribution in [0.5, 0.6) is 0 Å². The van der Waals surface area contributed by atoms with Gasteiger partial charge in [0.2, 0.25) is 0 Å². The molecule has 2 heteroatoms. The molecule has 1 fully saturated rings. The normalized spacial score (nSPS) is 22.4. The minimum atomic E-state index is 0.804. The first-order valence-corrected chi connectivity index (χ1v) is 5.83. The third-order valence-corrected chi connectivity index (χ3v) is 2.60. The molecule has 0 aliphatic carbocycles. The lowest BCUT2D eigenvalue weighted by Crippen LogP contribution is -2.45. The molecule has 0 aromatic heterocycles. The van der Waals surface area contributed by atoms with Crippen molar-refractivity contribution in [3.63, 3.8) is 0 Å². The highest BCUT2D eigenvalue weighted by atomic mass is 15.2. The Balaban J connectivity index is 0.000000671. The van der Waals surface area contributed by atoms with Gasteiger partial charge in [-0.05, 0) is 32.5 Å². The lowest BCUT2D eigenvalue weighted by molar-refractivity contribution is 0.182. The van der Waals surface area contributed by atoms with Crippen molar-refractivity contribution in [2.45, 2.75) is 46.6 Å². The molecule has 1 atom stereocenters. The summed E-state index contributed by atoms with van der Waals surface area (Å²) in [5.74, 6) is 0. The van der Waals surface area contributed by atoms with Crippen molar-refractivity contribution in [1.29, 1.82) is 0 Å². The van der Waals surface area contributed by atoms with E-state index >= 15 is 0 Å². The quantitative estimate of drug-likeness (QED) is 0.726. The lowest BCUT2D eigenvalue weighted by atomic mass is 10.1. The molecule has 0 bridgehead atoms. The number of likely N-dealkylation sites (N-methyl/N-ethyl adjacent to an activating group) is 1. The molecule has 1 aliphatic rings. The van der Waals surface area contributed by atoms with Crippen molar-refractivity contribution in [2.75, 3.05) is 26.2 Å². The highest BCUT2D eigenvalue weighted by molar-refractivity contribution is 4.76. The molecule has 1 rings (SSSR count). The van der Waals surface area contributed by atoms with Gasteiger partial charge in [0.1, 0.15) is 0 Å². The Morgan fingerprint density at radius 1 is 1.23 bits per heavy atom. The van der Waals surface area contributed by atoms with Crippen molar-refractivity contribution in [3.8, 4) is 0 Å². The van der Waals surface area contributed by atoms with E-state index in [1.54, 1.807) is 0 Å². The fourth-order valence-corrected chi connectivity index (χ4v) is 1.89. The van der Waals surface area contributed by atoms with E-state index in [9.17, 15) is 0 Å². The summed E-state index contributed by atoms with van der Waals surface area (Å²) < 4.78 is 0. The summed E-state index contributed by atoms with van der Waals surface area (Å²) in [6.45, 7) is 13.3. The van der Waals surface area contributed by atoms with Gasteiger partial charge in [-0.3, -0.25) is 4.90 Å². The van der Waals surface area contributed by atoms with E-state index in [2.05, 4.69) is 24.1 Å². The molecule has 0 aromatic rings. The summed E-state index contributed by atoms with van der Waals surface area (Å²) in [5.41, 5.74) is 0. The Morgan fingerprint density at radius 3 is 2.23 bits per heavy atom. The molecule has 2 nitrogen and oxygen atoms in total. The maximum Gasteiger partial charge on any atom is 0.0220 e. The van der Waals surface area contributed by atoms with Crippen LogP contribution in [0, 0.1) is 0 Å². The summed E-state index contributed by atoms with van der Waals surface area (Å²) in [5, 5.41) is 3.44.